The third-order valence-corrected chi connectivity index (χ3v) is 5.57. The van der Waals surface area contributed by atoms with Crippen molar-refractivity contribution in [3.63, 3.8) is 0 Å². The molecule has 3 aliphatic rings. The van der Waals surface area contributed by atoms with Crippen molar-refractivity contribution in [2.45, 2.75) is 13.3 Å². The lowest BCUT2D eigenvalue weighted by Crippen LogP contribution is -2.39. The highest BCUT2D eigenvalue weighted by Gasteiger charge is 2.59. The topological polar surface area (TPSA) is 66.5 Å². The monoisotopic (exact) mass is 344 g/mol. The van der Waals surface area contributed by atoms with Crippen molar-refractivity contribution in [3.05, 3.63) is 40.9 Å². The molecule has 124 valence electrons. The van der Waals surface area contributed by atoms with E-state index in [1.807, 2.05) is 19.1 Å². The molecule has 1 aromatic carbocycles. The second-order valence-electron chi connectivity index (χ2n) is 6.77. The molecular weight excluding hydrogens is 328 g/mol. The van der Waals surface area contributed by atoms with Crippen molar-refractivity contribution < 1.29 is 14.4 Å². The van der Waals surface area contributed by atoms with Gasteiger partial charge in [-0.1, -0.05) is 29.8 Å². The Balaban J connectivity index is 1.48. The number of aryl methyl sites for hydroxylation is 1. The quantitative estimate of drug-likeness (QED) is 0.676. The van der Waals surface area contributed by atoms with Crippen LogP contribution in [0, 0.1) is 30.6 Å². The first-order chi connectivity index (χ1) is 11.5. The van der Waals surface area contributed by atoms with Crippen LogP contribution < -0.4 is 5.32 Å². The first-order valence-corrected chi connectivity index (χ1v) is 8.43. The lowest BCUT2D eigenvalue weighted by atomic mass is 9.85. The molecule has 0 unspecified atom stereocenters. The van der Waals surface area contributed by atoms with E-state index in [2.05, 4.69) is 5.32 Å². The average Bonchev–Trinajstić information content (AvgIpc) is 3.21. The molecule has 5 nitrogen and oxygen atoms in total. The normalized spacial score (nSPS) is 30.2. The van der Waals surface area contributed by atoms with Crippen LogP contribution in [0.15, 0.2) is 30.4 Å². The van der Waals surface area contributed by atoms with Crippen molar-refractivity contribution in [1.82, 2.24) is 4.90 Å². The number of rotatable bonds is 3. The lowest BCUT2D eigenvalue weighted by molar-refractivity contribution is -0.143. The highest BCUT2D eigenvalue weighted by molar-refractivity contribution is 6.31. The van der Waals surface area contributed by atoms with Crippen molar-refractivity contribution in [2.24, 2.45) is 23.7 Å². The maximum absolute atomic E-state index is 12.6. The maximum Gasteiger partial charge on any atom is 0.244 e. The fourth-order valence-electron chi connectivity index (χ4n) is 4.18. The zero-order chi connectivity index (χ0) is 17.0. The highest BCUT2D eigenvalue weighted by Crippen LogP contribution is 2.52. The summed E-state index contributed by atoms with van der Waals surface area (Å²) in [5.41, 5.74) is 1.46. The van der Waals surface area contributed by atoms with Crippen molar-refractivity contribution in [1.29, 1.82) is 0 Å². The van der Waals surface area contributed by atoms with Gasteiger partial charge in [0.2, 0.25) is 17.7 Å². The summed E-state index contributed by atoms with van der Waals surface area (Å²) in [5, 5.41) is 3.25. The highest BCUT2D eigenvalue weighted by atomic mass is 35.5. The summed E-state index contributed by atoms with van der Waals surface area (Å²) in [4.78, 5) is 38.6. The molecule has 2 bridgehead atoms. The third kappa shape index (κ3) is 2.26. The number of anilines is 1. The van der Waals surface area contributed by atoms with Crippen LogP contribution in [-0.2, 0) is 14.4 Å². The van der Waals surface area contributed by atoms with Gasteiger partial charge in [-0.05, 0) is 42.9 Å². The molecule has 4 atom stereocenters. The first kappa shape index (κ1) is 15.4. The van der Waals surface area contributed by atoms with E-state index in [4.69, 9.17) is 11.6 Å². The van der Waals surface area contributed by atoms with Gasteiger partial charge in [-0.3, -0.25) is 19.3 Å². The average molecular weight is 345 g/mol. The van der Waals surface area contributed by atoms with Gasteiger partial charge in [-0.15, -0.1) is 0 Å². The molecule has 1 saturated heterocycles. The predicted octanol–water partition coefficient (Wildman–Crippen LogP) is 2.39. The van der Waals surface area contributed by atoms with E-state index >= 15 is 0 Å². The minimum Gasteiger partial charge on any atom is -0.324 e. The number of carbonyl (C=O) groups is 3. The van der Waals surface area contributed by atoms with Crippen LogP contribution in [-0.4, -0.2) is 29.2 Å². The number of likely N-dealkylation sites (tertiary alicyclic amines) is 1. The Labute approximate surface area is 144 Å². The second kappa shape index (κ2) is 5.45. The number of nitrogens with zero attached hydrogens (tertiary/aromatic N) is 1. The number of amides is 3. The Bertz CT molecular complexity index is 758. The van der Waals surface area contributed by atoms with E-state index in [0.29, 0.717) is 10.7 Å². The number of hydrogen-bond donors (Lipinski definition) is 1. The minimum absolute atomic E-state index is 0.152. The van der Waals surface area contributed by atoms with Crippen molar-refractivity contribution in [3.8, 4) is 0 Å². The lowest BCUT2D eigenvalue weighted by Gasteiger charge is -2.17. The largest absolute Gasteiger partial charge is 0.324 e. The van der Waals surface area contributed by atoms with Gasteiger partial charge in [0.25, 0.3) is 0 Å². The second-order valence-corrected chi connectivity index (χ2v) is 7.21. The summed E-state index contributed by atoms with van der Waals surface area (Å²) >= 11 is 5.94. The van der Waals surface area contributed by atoms with Gasteiger partial charge in [0.1, 0.15) is 6.54 Å². The number of halogens is 1. The van der Waals surface area contributed by atoms with E-state index in [0.717, 1.165) is 16.9 Å². The fraction of sp³-hybridized carbons (Fsp3) is 0.389. The summed E-state index contributed by atoms with van der Waals surface area (Å²) in [6.45, 7) is 1.61. The Morgan fingerprint density at radius 1 is 1.21 bits per heavy atom. The van der Waals surface area contributed by atoms with Crippen LogP contribution in [0.25, 0.3) is 0 Å². The molecule has 1 saturated carbocycles. The Kier molecular flexibility index (Phi) is 3.49. The summed E-state index contributed by atoms with van der Waals surface area (Å²) in [6.07, 6.45) is 4.96. The number of fused-ring (bicyclic) bond motifs is 5. The van der Waals surface area contributed by atoms with Gasteiger partial charge in [0, 0.05) is 10.7 Å². The van der Waals surface area contributed by atoms with Crippen LogP contribution in [0.4, 0.5) is 5.69 Å². The fourth-order valence-corrected chi connectivity index (χ4v) is 4.35. The molecule has 1 N–H and O–H groups in total. The van der Waals surface area contributed by atoms with Crippen molar-refractivity contribution in [2.75, 3.05) is 11.9 Å². The molecule has 0 aromatic heterocycles. The number of nitrogens with one attached hydrogen (secondary N) is 1. The van der Waals surface area contributed by atoms with Crippen LogP contribution in [0.3, 0.4) is 0 Å². The van der Waals surface area contributed by atoms with Gasteiger partial charge in [0.15, 0.2) is 0 Å². The van der Waals surface area contributed by atoms with Crippen LogP contribution in [0.1, 0.15) is 12.0 Å². The van der Waals surface area contributed by atoms with E-state index < -0.39 is 0 Å². The summed E-state index contributed by atoms with van der Waals surface area (Å²) in [6, 6.07) is 5.20. The SMILES string of the molecule is Cc1ccc(Cl)cc1NC(=O)CN1C(=O)[C@@H]2[C@@H](C1=O)[C@H]1C=C[C@H]2C1. The minimum atomic E-state index is -0.387. The summed E-state index contributed by atoms with van der Waals surface area (Å²) < 4.78 is 0. The standard InChI is InChI=1S/C18H17ClN2O3/c1-9-2-5-12(19)7-13(9)20-14(22)8-21-17(23)15-10-3-4-11(6-10)16(15)18(21)24/h2-5,7,10-11,15-16H,6,8H2,1H3,(H,20,22)/t10-,11-,15-,16-/m0/s1. The summed E-state index contributed by atoms with van der Waals surface area (Å²) in [7, 11) is 0. The Morgan fingerprint density at radius 3 is 2.46 bits per heavy atom. The molecule has 2 aliphatic carbocycles. The Morgan fingerprint density at radius 2 is 1.83 bits per heavy atom. The zero-order valence-electron chi connectivity index (χ0n) is 13.2. The molecule has 2 fully saturated rings. The maximum atomic E-state index is 12.6. The number of carbonyl (C=O) groups excluding carboxylic acids is 3. The molecule has 1 aliphatic heterocycles. The van der Waals surface area contributed by atoms with Crippen LogP contribution in [0.2, 0.25) is 5.02 Å². The van der Waals surface area contributed by atoms with Crippen LogP contribution in [0.5, 0.6) is 0 Å². The molecule has 1 aromatic rings. The third-order valence-electron chi connectivity index (χ3n) is 5.34. The van der Waals surface area contributed by atoms with Gasteiger partial charge < -0.3 is 5.32 Å². The Hall–Kier alpha value is -2.14. The molecule has 24 heavy (non-hydrogen) atoms. The van der Waals surface area contributed by atoms with Gasteiger partial charge in [-0.25, -0.2) is 0 Å². The van der Waals surface area contributed by atoms with E-state index in [-0.39, 0.29) is 47.9 Å². The van der Waals surface area contributed by atoms with E-state index in [1.165, 1.54) is 0 Å². The van der Waals surface area contributed by atoms with Gasteiger partial charge in [0.05, 0.1) is 11.8 Å². The van der Waals surface area contributed by atoms with E-state index in [1.54, 1.807) is 18.2 Å². The van der Waals surface area contributed by atoms with Gasteiger partial charge >= 0.3 is 0 Å². The molecule has 3 amide bonds. The molecular formula is C18H17ClN2O3. The van der Waals surface area contributed by atoms with Gasteiger partial charge in [-0.2, -0.15) is 0 Å². The number of allylic oxidation sites excluding steroid dienone is 2. The summed E-state index contributed by atoms with van der Waals surface area (Å²) in [5.74, 6) is -1.04. The molecule has 1 heterocycles. The molecule has 0 spiro atoms. The number of imide groups is 1. The van der Waals surface area contributed by atoms with E-state index in [9.17, 15) is 14.4 Å². The molecule has 0 radical (unpaired) electrons. The molecule has 6 heteroatoms. The first-order valence-electron chi connectivity index (χ1n) is 8.05. The van der Waals surface area contributed by atoms with Crippen molar-refractivity contribution >= 4 is 35.0 Å². The predicted molar refractivity (Wildman–Crippen MR) is 89.3 cm³/mol. The number of benzene rings is 1. The number of hydrogen-bond acceptors (Lipinski definition) is 3. The smallest absolute Gasteiger partial charge is 0.244 e. The van der Waals surface area contributed by atoms with Crippen LogP contribution >= 0.6 is 11.6 Å². The molecule has 4 rings (SSSR count). The zero-order valence-corrected chi connectivity index (χ0v) is 13.9.